The summed E-state index contributed by atoms with van der Waals surface area (Å²) in [7, 11) is 0. The van der Waals surface area contributed by atoms with Crippen LogP contribution >= 0.6 is 0 Å². The molecule has 0 radical (unpaired) electrons. The van der Waals surface area contributed by atoms with Gasteiger partial charge >= 0.3 is 5.97 Å². The molecule has 0 aliphatic carbocycles. The van der Waals surface area contributed by atoms with Gasteiger partial charge in [-0.1, -0.05) is 221 Å². The van der Waals surface area contributed by atoms with Crippen molar-refractivity contribution >= 4 is 11.9 Å². The SMILES string of the molecule is CC/C=C/C/C=C/C/C=C/C/C=C/C/C=C/C(CC(=O)NC(CO)C(O)CCCCCCCCCCCCC)OC(=O)CCCCCCCC/C=C\C/C=C\C/C=C\CCCCC. The van der Waals surface area contributed by atoms with Gasteiger partial charge in [-0.05, 0) is 89.5 Å². The molecule has 0 fully saturated rings. The zero-order chi connectivity index (χ0) is 45.9. The lowest BCUT2D eigenvalue weighted by molar-refractivity contribution is -0.148. The van der Waals surface area contributed by atoms with E-state index < -0.39 is 18.2 Å². The average molecular weight is 876 g/mol. The van der Waals surface area contributed by atoms with Crippen molar-refractivity contribution in [2.45, 2.75) is 244 Å². The first kappa shape index (κ1) is 59.8. The van der Waals surface area contributed by atoms with Gasteiger partial charge in [-0.3, -0.25) is 9.59 Å². The molecule has 6 nitrogen and oxygen atoms in total. The molecule has 0 rings (SSSR count). The van der Waals surface area contributed by atoms with E-state index in [-0.39, 0.29) is 24.9 Å². The standard InChI is InChI=1S/C57H97NO5/c1-4-7-10-13-16-19-22-24-26-27-28-29-30-32-35-38-41-44-47-50-57(62)63-53(48-45-42-39-36-34-31-25-23-20-17-14-11-8-5-2)51-56(61)58-54(52-59)55(60)49-46-43-40-37-33-21-18-15-12-9-6-3/h8,11,16-17,19-20,24-26,28-29,31,36,39,45,48,53-55,59-60H,4-7,9-10,12-15,18,21-23,27,30,32-35,37-38,40-44,46-47,49-52H2,1-3H3,(H,58,61)/b11-8+,19-16-,20-17+,26-24-,29-28-,31-25+,39-36+,48-45+. The van der Waals surface area contributed by atoms with Crippen LogP contribution in [-0.2, 0) is 14.3 Å². The Bertz CT molecular complexity index is 1260. The molecular weight excluding hydrogens is 779 g/mol. The van der Waals surface area contributed by atoms with E-state index in [0.717, 1.165) is 89.9 Å². The zero-order valence-electron chi connectivity index (χ0n) is 40.9. The van der Waals surface area contributed by atoms with Crippen LogP contribution in [0.5, 0.6) is 0 Å². The summed E-state index contributed by atoms with van der Waals surface area (Å²) in [6, 6.07) is -0.749. The van der Waals surface area contributed by atoms with Crippen molar-refractivity contribution < 1.29 is 24.5 Å². The first-order chi connectivity index (χ1) is 31.0. The van der Waals surface area contributed by atoms with Crippen LogP contribution in [-0.4, -0.2) is 46.9 Å². The summed E-state index contributed by atoms with van der Waals surface area (Å²) in [4.78, 5) is 26.1. The van der Waals surface area contributed by atoms with Gasteiger partial charge in [0.05, 0.1) is 25.2 Å². The van der Waals surface area contributed by atoms with Crippen molar-refractivity contribution in [3.8, 4) is 0 Å². The normalized spacial score (nSPS) is 14.0. The minimum absolute atomic E-state index is 0.0562. The number of unbranched alkanes of at least 4 members (excludes halogenated alkanes) is 19. The fraction of sp³-hybridized carbons (Fsp3) is 0.684. The van der Waals surface area contributed by atoms with Crippen molar-refractivity contribution in [2.24, 2.45) is 0 Å². The van der Waals surface area contributed by atoms with Crippen molar-refractivity contribution in [1.82, 2.24) is 5.32 Å². The molecule has 3 atom stereocenters. The van der Waals surface area contributed by atoms with Crippen LogP contribution < -0.4 is 5.32 Å². The van der Waals surface area contributed by atoms with Crippen LogP contribution in [0.2, 0.25) is 0 Å². The summed E-state index contributed by atoms with van der Waals surface area (Å²) in [5.41, 5.74) is 0. The number of esters is 1. The summed E-state index contributed by atoms with van der Waals surface area (Å²) in [5.74, 6) is -0.649. The summed E-state index contributed by atoms with van der Waals surface area (Å²) >= 11 is 0. The van der Waals surface area contributed by atoms with E-state index in [9.17, 15) is 19.8 Å². The first-order valence-corrected chi connectivity index (χ1v) is 26.0. The number of carbonyl (C=O) groups excluding carboxylic acids is 2. The van der Waals surface area contributed by atoms with E-state index >= 15 is 0 Å². The smallest absolute Gasteiger partial charge is 0.306 e. The molecule has 0 saturated heterocycles. The number of aliphatic hydroxyl groups excluding tert-OH is 2. The van der Waals surface area contributed by atoms with Gasteiger partial charge in [0.15, 0.2) is 0 Å². The van der Waals surface area contributed by atoms with Crippen LogP contribution in [0.25, 0.3) is 0 Å². The van der Waals surface area contributed by atoms with Crippen LogP contribution in [0.3, 0.4) is 0 Å². The number of ether oxygens (including phenoxy) is 1. The molecule has 360 valence electrons. The quantitative estimate of drug-likeness (QED) is 0.0322. The van der Waals surface area contributed by atoms with Gasteiger partial charge in [0.25, 0.3) is 0 Å². The highest BCUT2D eigenvalue weighted by atomic mass is 16.5. The lowest BCUT2D eigenvalue weighted by Gasteiger charge is -2.23. The van der Waals surface area contributed by atoms with Gasteiger partial charge < -0.3 is 20.3 Å². The van der Waals surface area contributed by atoms with Crippen LogP contribution in [0.4, 0.5) is 0 Å². The zero-order valence-corrected chi connectivity index (χ0v) is 40.9. The number of nitrogens with one attached hydrogen (secondary N) is 1. The Labute approximate surface area is 388 Å². The monoisotopic (exact) mass is 876 g/mol. The minimum atomic E-state index is -0.825. The van der Waals surface area contributed by atoms with Crippen molar-refractivity contribution in [3.05, 3.63) is 97.2 Å². The van der Waals surface area contributed by atoms with Gasteiger partial charge in [0.1, 0.15) is 6.10 Å². The van der Waals surface area contributed by atoms with Crippen LogP contribution in [0.1, 0.15) is 226 Å². The van der Waals surface area contributed by atoms with Gasteiger partial charge in [-0.15, -0.1) is 0 Å². The minimum Gasteiger partial charge on any atom is -0.458 e. The van der Waals surface area contributed by atoms with Crippen molar-refractivity contribution in [1.29, 1.82) is 0 Å². The number of hydrogen-bond acceptors (Lipinski definition) is 5. The van der Waals surface area contributed by atoms with E-state index in [1.807, 2.05) is 6.08 Å². The molecule has 0 bridgehead atoms. The van der Waals surface area contributed by atoms with E-state index in [4.69, 9.17) is 4.74 Å². The first-order valence-electron chi connectivity index (χ1n) is 26.0. The summed E-state index contributed by atoms with van der Waals surface area (Å²) < 4.78 is 5.82. The second-order valence-corrected chi connectivity index (χ2v) is 17.2. The van der Waals surface area contributed by atoms with E-state index in [2.05, 4.69) is 111 Å². The maximum atomic E-state index is 13.2. The Morgan fingerprint density at radius 1 is 0.492 bits per heavy atom. The van der Waals surface area contributed by atoms with E-state index in [1.54, 1.807) is 6.08 Å². The molecule has 0 aromatic rings. The van der Waals surface area contributed by atoms with Gasteiger partial charge in [0.2, 0.25) is 5.91 Å². The summed E-state index contributed by atoms with van der Waals surface area (Å²) in [6.07, 6.45) is 66.4. The summed E-state index contributed by atoms with van der Waals surface area (Å²) in [5, 5.41) is 23.7. The lowest BCUT2D eigenvalue weighted by Crippen LogP contribution is -2.46. The van der Waals surface area contributed by atoms with Crippen LogP contribution in [0.15, 0.2) is 97.2 Å². The maximum Gasteiger partial charge on any atom is 0.306 e. The Morgan fingerprint density at radius 3 is 1.38 bits per heavy atom. The highest BCUT2D eigenvalue weighted by Gasteiger charge is 2.23. The Morgan fingerprint density at radius 2 is 0.889 bits per heavy atom. The number of amides is 1. The molecular formula is C57H97NO5. The highest BCUT2D eigenvalue weighted by molar-refractivity contribution is 5.78. The predicted molar refractivity (Wildman–Crippen MR) is 273 cm³/mol. The second-order valence-electron chi connectivity index (χ2n) is 17.2. The molecule has 0 aliphatic heterocycles. The molecule has 1 amide bonds. The molecule has 0 spiro atoms. The third kappa shape index (κ3) is 45.2. The number of hydrogen-bond donors (Lipinski definition) is 3. The molecule has 0 saturated carbocycles. The molecule has 3 N–H and O–H groups in total. The molecule has 0 heterocycles. The molecule has 0 aromatic heterocycles. The molecule has 0 aliphatic rings. The topological polar surface area (TPSA) is 95.9 Å². The number of allylic oxidation sites excluding steroid dienone is 15. The third-order valence-corrected chi connectivity index (χ3v) is 11.1. The lowest BCUT2D eigenvalue weighted by atomic mass is 10.0. The number of aliphatic hydroxyl groups is 2. The van der Waals surface area contributed by atoms with Gasteiger partial charge in [0, 0.05) is 6.42 Å². The fourth-order valence-corrected chi connectivity index (χ4v) is 7.22. The number of carbonyl (C=O) groups is 2. The van der Waals surface area contributed by atoms with Crippen LogP contribution in [0, 0.1) is 0 Å². The number of rotatable bonds is 45. The molecule has 6 heteroatoms. The molecule has 0 aromatic carbocycles. The van der Waals surface area contributed by atoms with Crippen molar-refractivity contribution in [3.63, 3.8) is 0 Å². The Hall–Kier alpha value is -3.22. The summed E-state index contributed by atoms with van der Waals surface area (Å²) in [6.45, 7) is 6.29. The predicted octanol–water partition coefficient (Wildman–Crippen LogP) is 15.7. The molecule has 3 unspecified atom stereocenters. The highest BCUT2D eigenvalue weighted by Crippen LogP contribution is 2.15. The largest absolute Gasteiger partial charge is 0.458 e. The third-order valence-electron chi connectivity index (χ3n) is 11.1. The Kier molecular flexibility index (Phi) is 47.2. The van der Waals surface area contributed by atoms with E-state index in [1.165, 1.54) is 89.9 Å². The molecule has 63 heavy (non-hydrogen) atoms. The average Bonchev–Trinajstić information content (AvgIpc) is 3.28. The van der Waals surface area contributed by atoms with Gasteiger partial charge in [-0.25, -0.2) is 0 Å². The fourth-order valence-electron chi connectivity index (χ4n) is 7.22. The second kappa shape index (κ2) is 49.8. The Balaban J connectivity index is 4.73. The maximum absolute atomic E-state index is 13.2. The van der Waals surface area contributed by atoms with E-state index in [0.29, 0.717) is 19.3 Å². The van der Waals surface area contributed by atoms with Gasteiger partial charge in [-0.2, -0.15) is 0 Å². The van der Waals surface area contributed by atoms with Crippen molar-refractivity contribution in [2.75, 3.05) is 6.61 Å².